The number of nitrogens with zero attached hydrogens (tertiary/aromatic N) is 2. The Balaban J connectivity index is 1.46. The highest BCUT2D eigenvalue weighted by molar-refractivity contribution is 7.89. The van der Waals surface area contributed by atoms with E-state index < -0.39 is 28.1 Å². The van der Waals surface area contributed by atoms with E-state index >= 15 is 0 Å². The van der Waals surface area contributed by atoms with Crippen LogP contribution in [0.3, 0.4) is 0 Å². The molecule has 2 aliphatic rings. The van der Waals surface area contributed by atoms with Crippen LogP contribution in [0.1, 0.15) is 55.8 Å². The summed E-state index contributed by atoms with van der Waals surface area (Å²) in [5.41, 5.74) is 1.21. The predicted molar refractivity (Wildman–Crippen MR) is 156 cm³/mol. The van der Waals surface area contributed by atoms with Gasteiger partial charge in [-0.15, -0.1) is 0 Å². The van der Waals surface area contributed by atoms with E-state index in [1.807, 2.05) is 6.07 Å². The highest BCUT2D eigenvalue weighted by Crippen LogP contribution is 2.38. The van der Waals surface area contributed by atoms with Crippen LogP contribution in [0.25, 0.3) is 0 Å². The summed E-state index contributed by atoms with van der Waals surface area (Å²) >= 11 is 12.9. The smallest absolute Gasteiger partial charge is 0.325 e. The summed E-state index contributed by atoms with van der Waals surface area (Å²) < 4.78 is 46.0. The zero-order valence-corrected chi connectivity index (χ0v) is 25.0. The van der Waals surface area contributed by atoms with Gasteiger partial charge in [0, 0.05) is 25.4 Å². The molecule has 3 aromatic rings. The Bertz CT molecular complexity index is 1460. The van der Waals surface area contributed by atoms with Crippen LogP contribution in [0.2, 0.25) is 10.0 Å². The predicted octanol–water partition coefficient (Wildman–Crippen LogP) is 6.40. The molecule has 2 unspecified atom stereocenters. The molecule has 2 aromatic carbocycles. The molecule has 2 fully saturated rings. The number of sulfonamides is 1. The molecule has 1 aliphatic carbocycles. The highest BCUT2D eigenvalue weighted by atomic mass is 35.5. The van der Waals surface area contributed by atoms with Crippen molar-refractivity contribution >= 4 is 39.2 Å². The van der Waals surface area contributed by atoms with Crippen molar-refractivity contribution < 1.29 is 27.4 Å². The minimum Gasteiger partial charge on any atom is -0.493 e. The Morgan fingerprint density at radius 3 is 2.39 bits per heavy atom. The summed E-state index contributed by atoms with van der Waals surface area (Å²) in [6.45, 7) is 0.228. The molecule has 11 heteroatoms. The summed E-state index contributed by atoms with van der Waals surface area (Å²) in [6, 6.07) is 12.5. The molecule has 1 saturated carbocycles. The maximum atomic E-state index is 13.7. The zero-order valence-electron chi connectivity index (χ0n) is 22.7. The van der Waals surface area contributed by atoms with Gasteiger partial charge in [-0.3, -0.25) is 9.78 Å². The van der Waals surface area contributed by atoms with E-state index in [4.69, 9.17) is 37.4 Å². The molecule has 2 atom stereocenters. The van der Waals surface area contributed by atoms with Gasteiger partial charge in [0.25, 0.3) is 0 Å². The fourth-order valence-electron chi connectivity index (χ4n) is 5.43. The van der Waals surface area contributed by atoms with Gasteiger partial charge in [-0.05, 0) is 73.9 Å². The molecule has 0 bridgehead atoms. The van der Waals surface area contributed by atoms with Crippen molar-refractivity contribution in [2.75, 3.05) is 13.7 Å². The SMILES string of the molecule is COc1ccc(C(Cc2c(Cl)cncc2Cl)OC(=O)C2CCCN2S(=O)(=O)c2ccccc2)cc1OC1CCCC1. The summed E-state index contributed by atoms with van der Waals surface area (Å²) in [6.07, 6.45) is 7.39. The molecule has 218 valence electrons. The number of ether oxygens (including phenoxy) is 3. The first-order valence-electron chi connectivity index (χ1n) is 13.7. The third-order valence-corrected chi connectivity index (χ3v) is 10.2. The second-order valence-electron chi connectivity index (χ2n) is 10.2. The number of benzene rings is 2. The van der Waals surface area contributed by atoms with Gasteiger partial charge >= 0.3 is 5.97 Å². The van der Waals surface area contributed by atoms with E-state index in [0.717, 1.165) is 25.7 Å². The Hall–Kier alpha value is -2.85. The van der Waals surface area contributed by atoms with Crippen molar-refractivity contribution in [3.05, 3.63) is 82.1 Å². The second-order valence-corrected chi connectivity index (χ2v) is 12.9. The van der Waals surface area contributed by atoms with E-state index in [1.165, 1.54) is 28.8 Å². The normalized spacial score (nSPS) is 18.8. The number of esters is 1. The number of methoxy groups -OCH3 is 1. The summed E-state index contributed by atoms with van der Waals surface area (Å²) in [4.78, 5) is 17.9. The fourth-order valence-corrected chi connectivity index (χ4v) is 7.61. The Labute approximate surface area is 250 Å². The van der Waals surface area contributed by atoms with Crippen LogP contribution in [0.5, 0.6) is 11.5 Å². The van der Waals surface area contributed by atoms with Crippen LogP contribution in [0.4, 0.5) is 0 Å². The Morgan fingerprint density at radius 2 is 1.71 bits per heavy atom. The molecular formula is C30H32Cl2N2O6S. The first-order chi connectivity index (χ1) is 19.8. The van der Waals surface area contributed by atoms with Gasteiger partial charge in [0.1, 0.15) is 12.1 Å². The third-order valence-electron chi connectivity index (χ3n) is 7.58. The number of hydrogen-bond acceptors (Lipinski definition) is 7. The monoisotopic (exact) mass is 618 g/mol. The largest absolute Gasteiger partial charge is 0.493 e. The van der Waals surface area contributed by atoms with E-state index in [0.29, 0.717) is 45.5 Å². The first-order valence-corrected chi connectivity index (χ1v) is 15.9. The van der Waals surface area contributed by atoms with Crippen molar-refractivity contribution in [1.82, 2.24) is 9.29 Å². The molecular weight excluding hydrogens is 587 g/mol. The lowest BCUT2D eigenvalue weighted by Crippen LogP contribution is -2.41. The molecule has 5 rings (SSSR count). The summed E-state index contributed by atoms with van der Waals surface area (Å²) in [5, 5.41) is 0.673. The van der Waals surface area contributed by atoms with Crippen LogP contribution in [-0.2, 0) is 26.0 Å². The first kappa shape index (κ1) is 29.6. The van der Waals surface area contributed by atoms with Crippen molar-refractivity contribution in [2.45, 2.75) is 68.1 Å². The van der Waals surface area contributed by atoms with E-state index in [2.05, 4.69) is 4.98 Å². The quantitative estimate of drug-likeness (QED) is 0.243. The Morgan fingerprint density at radius 1 is 1.00 bits per heavy atom. The number of hydrogen-bond donors (Lipinski definition) is 0. The van der Waals surface area contributed by atoms with Gasteiger partial charge in [-0.25, -0.2) is 8.42 Å². The van der Waals surface area contributed by atoms with Crippen LogP contribution in [0.15, 0.2) is 65.8 Å². The number of carbonyl (C=O) groups is 1. The molecule has 0 amide bonds. The minimum absolute atomic E-state index is 0.0828. The second kappa shape index (κ2) is 13.0. The number of halogens is 2. The van der Waals surface area contributed by atoms with E-state index in [-0.39, 0.29) is 24.0 Å². The molecule has 41 heavy (non-hydrogen) atoms. The molecule has 0 N–H and O–H groups in total. The zero-order chi connectivity index (χ0) is 29.0. The molecule has 1 aromatic heterocycles. The average molecular weight is 620 g/mol. The van der Waals surface area contributed by atoms with Gasteiger partial charge in [0.2, 0.25) is 10.0 Å². The van der Waals surface area contributed by atoms with Crippen LogP contribution in [0, 0.1) is 0 Å². The van der Waals surface area contributed by atoms with Crippen molar-refractivity contribution in [1.29, 1.82) is 0 Å². The molecule has 8 nitrogen and oxygen atoms in total. The number of rotatable bonds is 10. The van der Waals surface area contributed by atoms with Gasteiger partial charge in [0.15, 0.2) is 11.5 Å². The molecule has 0 radical (unpaired) electrons. The maximum absolute atomic E-state index is 13.7. The molecule has 2 heterocycles. The molecule has 1 saturated heterocycles. The highest BCUT2D eigenvalue weighted by Gasteiger charge is 2.41. The maximum Gasteiger partial charge on any atom is 0.325 e. The number of aromatic nitrogens is 1. The van der Waals surface area contributed by atoms with Gasteiger partial charge in [-0.1, -0.05) is 47.5 Å². The lowest BCUT2D eigenvalue weighted by atomic mass is 10.0. The average Bonchev–Trinajstić information content (AvgIpc) is 3.68. The lowest BCUT2D eigenvalue weighted by molar-refractivity contribution is -0.153. The third kappa shape index (κ3) is 6.64. The minimum atomic E-state index is -3.89. The van der Waals surface area contributed by atoms with Crippen molar-refractivity contribution in [2.24, 2.45) is 0 Å². The molecule has 0 spiro atoms. The Kier molecular flexibility index (Phi) is 9.38. The van der Waals surface area contributed by atoms with E-state index in [9.17, 15) is 13.2 Å². The fraction of sp³-hybridized carbons (Fsp3) is 0.400. The van der Waals surface area contributed by atoms with Crippen LogP contribution >= 0.6 is 23.2 Å². The molecule has 1 aliphatic heterocycles. The van der Waals surface area contributed by atoms with Gasteiger partial charge in [-0.2, -0.15) is 4.31 Å². The topological polar surface area (TPSA) is 95.0 Å². The number of pyridine rings is 1. The van der Waals surface area contributed by atoms with Gasteiger partial charge < -0.3 is 14.2 Å². The van der Waals surface area contributed by atoms with Crippen LogP contribution < -0.4 is 9.47 Å². The van der Waals surface area contributed by atoms with Crippen molar-refractivity contribution in [3.8, 4) is 11.5 Å². The summed E-state index contributed by atoms with van der Waals surface area (Å²) in [7, 11) is -2.31. The van der Waals surface area contributed by atoms with E-state index in [1.54, 1.807) is 37.4 Å². The van der Waals surface area contributed by atoms with Crippen molar-refractivity contribution in [3.63, 3.8) is 0 Å². The number of carbonyl (C=O) groups excluding carboxylic acids is 1. The lowest BCUT2D eigenvalue weighted by Gasteiger charge is -2.26. The van der Waals surface area contributed by atoms with Gasteiger partial charge in [0.05, 0.1) is 28.2 Å². The summed E-state index contributed by atoms with van der Waals surface area (Å²) in [5.74, 6) is 0.489. The van der Waals surface area contributed by atoms with Crippen LogP contribution in [-0.4, -0.2) is 49.5 Å². The standard InChI is InChI=1S/C30H32Cl2N2O6S/c1-38-27-14-13-20(16-29(27)39-21-8-5-6-9-21)28(17-23-24(31)18-33-19-25(23)32)40-30(35)26-12-7-15-34(26)41(36,37)22-10-3-2-4-11-22/h2-4,10-11,13-14,16,18-19,21,26,28H,5-9,12,15,17H2,1H3.